The lowest BCUT2D eigenvalue weighted by Crippen LogP contribution is -2.44. The molecule has 2 aromatic heterocycles. The Hall–Kier alpha value is -1.14. The van der Waals surface area contributed by atoms with Gasteiger partial charge in [0.1, 0.15) is 0 Å². The van der Waals surface area contributed by atoms with Crippen LogP contribution in [0.4, 0.5) is 5.95 Å². The van der Waals surface area contributed by atoms with E-state index in [1.807, 2.05) is 18.3 Å². The number of halogens is 1. The zero-order valence-corrected chi connectivity index (χ0v) is 12.2. The Balaban J connectivity index is 1.87. The molecule has 1 aliphatic carbocycles. The molecule has 0 bridgehead atoms. The van der Waals surface area contributed by atoms with Crippen molar-refractivity contribution < 1.29 is 5.11 Å². The number of aromatic nitrogens is 3. The highest BCUT2D eigenvalue weighted by Crippen LogP contribution is 2.30. The Labute approximate surface area is 120 Å². The molecule has 0 amide bonds. The summed E-state index contributed by atoms with van der Waals surface area (Å²) in [5.74, 6) is 0.592. The minimum Gasteiger partial charge on any atom is -0.394 e. The number of hydrogen-bond donors (Lipinski definition) is 2. The standard InChI is InChI=1S/C13H17BrN4O/c14-10-4-5-11-15-12(17-18(11)8-10)16-13(9-19)6-2-1-3-7-13/h4-5,8,19H,1-3,6-7,9H2,(H,16,17). The second-order valence-electron chi connectivity index (χ2n) is 5.21. The van der Waals surface area contributed by atoms with Crippen LogP contribution in [0.2, 0.25) is 0 Å². The first-order chi connectivity index (χ1) is 9.21. The number of hydrogen-bond acceptors (Lipinski definition) is 4. The summed E-state index contributed by atoms with van der Waals surface area (Å²) in [5, 5.41) is 17.4. The fourth-order valence-electron chi connectivity index (χ4n) is 2.70. The SMILES string of the molecule is OCC1(Nc2nc3ccc(Br)cn3n2)CCCCC1. The number of fused-ring (bicyclic) bond motifs is 1. The highest BCUT2D eigenvalue weighted by molar-refractivity contribution is 9.10. The van der Waals surface area contributed by atoms with E-state index in [0.29, 0.717) is 5.95 Å². The van der Waals surface area contributed by atoms with Gasteiger partial charge in [-0.2, -0.15) is 4.98 Å². The summed E-state index contributed by atoms with van der Waals surface area (Å²) in [4.78, 5) is 4.45. The van der Waals surface area contributed by atoms with Gasteiger partial charge < -0.3 is 10.4 Å². The van der Waals surface area contributed by atoms with Crippen LogP contribution < -0.4 is 5.32 Å². The van der Waals surface area contributed by atoms with Gasteiger partial charge in [0.2, 0.25) is 5.95 Å². The average molecular weight is 325 g/mol. The van der Waals surface area contributed by atoms with Crippen molar-refractivity contribution in [2.75, 3.05) is 11.9 Å². The first-order valence-electron chi connectivity index (χ1n) is 6.62. The maximum Gasteiger partial charge on any atom is 0.243 e. The Kier molecular flexibility index (Phi) is 3.45. The maximum atomic E-state index is 9.69. The second-order valence-corrected chi connectivity index (χ2v) is 6.13. The van der Waals surface area contributed by atoms with Crippen molar-refractivity contribution >= 4 is 27.5 Å². The zero-order chi connectivity index (χ0) is 13.3. The van der Waals surface area contributed by atoms with E-state index in [9.17, 15) is 5.11 Å². The van der Waals surface area contributed by atoms with Crippen LogP contribution in [0.3, 0.4) is 0 Å². The van der Waals surface area contributed by atoms with Gasteiger partial charge in [0.15, 0.2) is 5.65 Å². The highest BCUT2D eigenvalue weighted by Gasteiger charge is 2.32. The topological polar surface area (TPSA) is 62.5 Å². The fourth-order valence-corrected chi connectivity index (χ4v) is 3.03. The van der Waals surface area contributed by atoms with Gasteiger partial charge in [0.05, 0.1) is 12.1 Å². The van der Waals surface area contributed by atoms with E-state index < -0.39 is 0 Å². The smallest absolute Gasteiger partial charge is 0.243 e. The molecule has 2 heterocycles. The zero-order valence-electron chi connectivity index (χ0n) is 10.6. The number of nitrogens with zero attached hydrogens (tertiary/aromatic N) is 3. The summed E-state index contributed by atoms with van der Waals surface area (Å²) in [7, 11) is 0. The minimum absolute atomic E-state index is 0.131. The average Bonchev–Trinajstić information content (AvgIpc) is 2.81. The third-order valence-corrected chi connectivity index (χ3v) is 4.25. The van der Waals surface area contributed by atoms with Gasteiger partial charge >= 0.3 is 0 Å². The lowest BCUT2D eigenvalue weighted by atomic mass is 9.82. The predicted octanol–water partition coefficient (Wildman–Crippen LogP) is 2.60. The number of nitrogens with one attached hydrogen (secondary N) is 1. The molecule has 0 atom stereocenters. The van der Waals surface area contributed by atoms with Gasteiger partial charge in [-0.1, -0.05) is 19.3 Å². The second kappa shape index (κ2) is 5.09. The van der Waals surface area contributed by atoms with Crippen LogP contribution >= 0.6 is 15.9 Å². The van der Waals surface area contributed by atoms with Crippen molar-refractivity contribution in [2.24, 2.45) is 0 Å². The summed E-state index contributed by atoms with van der Waals surface area (Å²) in [5.41, 5.74) is 0.551. The molecule has 19 heavy (non-hydrogen) atoms. The van der Waals surface area contributed by atoms with Crippen LogP contribution in [0, 0.1) is 0 Å². The first-order valence-corrected chi connectivity index (χ1v) is 7.41. The summed E-state index contributed by atoms with van der Waals surface area (Å²) >= 11 is 3.42. The predicted molar refractivity (Wildman–Crippen MR) is 77.2 cm³/mol. The van der Waals surface area contributed by atoms with Gasteiger partial charge in [0.25, 0.3) is 0 Å². The molecule has 0 aromatic carbocycles. The van der Waals surface area contributed by atoms with Crippen molar-refractivity contribution in [1.82, 2.24) is 14.6 Å². The Bertz CT molecular complexity index is 577. The van der Waals surface area contributed by atoms with Crippen molar-refractivity contribution in [2.45, 2.75) is 37.6 Å². The number of aliphatic hydroxyl groups excluding tert-OH is 1. The van der Waals surface area contributed by atoms with Crippen LogP contribution in [0.5, 0.6) is 0 Å². The van der Waals surface area contributed by atoms with Crippen LogP contribution in [0.1, 0.15) is 32.1 Å². The summed E-state index contributed by atoms with van der Waals surface area (Å²) in [6, 6.07) is 3.85. The number of aliphatic hydroxyl groups is 1. The summed E-state index contributed by atoms with van der Waals surface area (Å²) in [6.45, 7) is 0.131. The monoisotopic (exact) mass is 324 g/mol. The van der Waals surface area contributed by atoms with Crippen LogP contribution in [0.25, 0.3) is 5.65 Å². The molecule has 5 nitrogen and oxygen atoms in total. The van der Waals surface area contributed by atoms with Crippen LogP contribution in [-0.4, -0.2) is 31.9 Å². The van der Waals surface area contributed by atoms with Gasteiger partial charge in [-0.3, -0.25) is 0 Å². The molecule has 2 N–H and O–H groups in total. The molecule has 102 valence electrons. The van der Waals surface area contributed by atoms with Gasteiger partial charge in [-0.25, -0.2) is 4.52 Å². The largest absolute Gasteiger partial charge is 0.394 e. The Morgan fingerprint density at radius 2 is 2.11 bits per heavy atom. The van der Waals surface area contributed by atoms with E-state index in [1.165, 1.54) is 6.42 Å². The summed E-state index contributed by atoms with van der Waals surface area (Å²) in [6.07, 6.45) is 7.36. The number of anilines is 1. The molecule has 0 radical (unpaired) electrons. The molecule has 0 spiro atoms. The van der Waals surface area contributed by atoms with Crippen molar-refractivity contribution in [3.63, 3.8) is 0 Å². The molecule has 0 unspecified atom stereocenters. The number of rotatable bonds is 3. The molecule has 1 saturated carbocycles. The van der Waals surface area contributed by atoms with E-state index in [0.717, 1.165) is 35.8 Å². The molecule has 0 aliphatic heterocycles. The third kappa shape index (κ3) is 2.60. The normalized spacial score (nSPS) is 18.6. The highest BCUT2D eigenvalue weighted by atomic mass is 79.9. The minimum atomic E-state index is -0.250. The van der Waals surface area contributed by atoms with Gasteiger partial charge in [0, 0.05) is 10.7 Å². The van der Waals surface area contributed by atoms with Crippen LogP contribution in [-0.2, 0) is 0 Å². The van der Waals surface area contributed by atoms with Gasteiger partial charge in [-0.15, -0.1) is 5.10 Å². The van der Waals surface area contributed by atoms with E-state index in [-0.39, 0.29) is 12.1 Å². The Morgan fingerprint density at radius 1 is 1.32 bits per heavy atom. The molecule has 3 rings (SSSR count). The van der Waals surface area contributed by atoms with E-state index in [1.54, 1.807) is 4.52 Å². The van der Waals surface area contributed by atoms with Crippen molar-refractivity contribution in [3.8, 4) is 0 Å². The lowest BCUT2D eigenvalue weighted by Gasteiger charge is -2.35. The molecule has 1 fully saturated rings. The summed E-state index contributed by atoms with van der Waals surface area (Å²) < 4.78 is 2.70. The van der Waals surface area contributed by atoms with E-state index in [2.05, 4.69) is 31.3 Å². The number of pyridine rings is 1. The molecule has 1 aliphatic rings. The van der Waals surface area contributed by atoms with E-state index in [4.69, 9.17) is 0 Å². The molecule has 2 aromatic rings. The molecule has 0 saturated heterocycles. The van der Waals surface area contributed by atoms with Crippen LogP contribution in [0.15, 0.2) is 22.8 Å². The first kappa shape index (κ1) is 12.9. The molecular formula is C13H17BrN4O. The van der Waals surface area contributed by atoms with Crippen molar-refractivity contribution in [3.05, 3.63) is 22.8 Å². The quantitative estimate of drug-likeness (QED) is 0.911. The maximum absolute atomic E-state index is 9.69. The van der Waals surface area contributed by atoms with Crippen molar-refractivity contribution in [1.29, 1.82) is 0 Å². The van der Waals surface area contributed by atoms with E-state index >= 15 is 0 Å². The van der Waals surface area contributed by atoms with Gasteiger partial charge in [-0.05, 0) is 40.9 Å². The molecular weight excluding hydrogens is 308 g/mol. The molecule has 6 heteroatoms. The third-order valence-electron chi connectivity index (χ3n) is 3.79. The lowest BCUT2D eigenvalue weighted by molar-refractivity contribution is 0.172. The fraction of sp³-hybridized carbons (Fsp3) is 0.538. The Morgan fingerprint density at radius 3 is 2.84 bits per heavy atom.